The average molecular weight is 317 g/mol. The van der Waals surface area contributed by atoms with Crippen molar-refractivity contribution in [1.82, 2.24) is 24.8 Å². The van der Waals surface area contributed by atoms with Crippen LogP contribution in [0.3, 0.4) is 0 Å². The Bertz CT molecular complexity index is 1010. The highest BCUT2D eigenvalue weighted by atomic mass is 15.5. The topological polar surface area (TPSA) is 48.5 Å². The first kappa shape index (κ1) is 14.6. The number of hydrogen-bond donors (Lipinski definition) is 0. The van der Waals surface area contributed by atoms with Gasteiger partial charge in [-0.25, -0.2) is 4.68 Å². The van der Waals surface area contributed by atoms with Crippen molar-refractivity contribution in [3.8, 4) is 11.4 Å². The molecule has 0 aliphatic rings. The summed E-state index contributed by atoms with van der Waals surface area (Å²) in [5.74, 6) is 0.777. The average Bonchev–Trinajstić information content (AvgIpc) is 3.13. The third-order valence-electron chi connectivity index (χ3n) is 4.70. The number of fused-ring (bicyclic) bond motifs is 1. The van der Waals surface area contributed by atoms with Crippen LogP contribution >= 0.6 is 0 Å². The van der Waals surface area contributed by atoms with E-state index in [0.29, 0.717) is 0 Å². The number of aromatic nitrogens is 5. The van der Waals surface area contributed by atoms with Gasteiger partial charge in [-0.15, -0.1) is 5.10 Å². The number of rotatable bonds is 3. The van der Waals surface area contributed by atoms with Crippen molar-refractivity contribution >= 4 is 10.9 Å². The van der Waals surface area contributed by atoms with Crippen LogP contribution in [0.25, 0.3) is 22.3 Å². The summed E-state index contributed by atoms with van der Waals surface area (Å²) in [6, 6.07) is 17.0. The number of aryl methyl sites for hydroxylation is 2. The molecule has 4 rings (SSSR count). The van der Waals surface area contributed by atoms with E-state index in [1.54, 1.807) is 4.68 Å². The van der Waals surface area contributed by atoms with E-state index in [1.807, 2.05) is 7.05 Å². The summed E-state index contributed by atoms with van der Waals surface area (Å²) in [7, 11) is 1.86. The van der Waals surface area contributed by atoms with Crippen molar-refractivity contribution in [2.45, 2.75) is 20.4 Å². The Balaban J connectivity index is 1.89. The minimum Gasteiger partial charge on any atom is -0.340 e. The molecule has 2 aromatic carbocycles. The fourth-order valence-electron chi connectivity index (χ4n) is 3.23. The summed E-state index contributed by atoms with van der Waals surface area (Å²) >= 11 is 0. The summed E-state index contributed by atoms with van der Waals surface area (Å²) in [5, 5.41) is 13.1. The summed E-state index contributed by atoms with van der Waals surface area (Å²) in [4.78, 5) is 0. The fourth-order valence-corrected chi connectivity index (χ4v) is 3.23. The monoisotopic (exact) mass is 317 g/mol. The molecule has 2 heterocycles. The Kier molecular flexibility index (Phi) is 3.41. The molecule has 0 spiro atoms. The molecule has 0 radical (unpaired) electrons. The zero-order chi connectivity index (χ0) is 16.7. The van der Waals surface area contributed by atoms with Crippen molar-refractivity contribution in [2.75, 3.05) is 0 Å². The molecule has 0 atom stereocenters. The predicted octanol–water partition coefficient (Wildman–Crippen LogP) is 3.50. The van der Waals surface area contributed by atoms with Crippen molar-refractivity contribution in [2.24, 2.45) is 7.05 Å². The van der Waals surface area contributed by atoms with E-state index >= 15 is 0 Å². The van der Waals surface area contributed by atoms with Crippen molar-refractivity contribution < 1.29 is 0 Å². The molecule has 0 saturated carbocycles. The van der Waals surface area contributed by atoms with Gasteiger partial charge in [-0.05, 0) is 41.5 Å². The lowest BCUT2D eigenvalue weighted by atomic mass is 10.1. The first-order valence-corrected chi connectivity index (χ1v) is 8.01. The van der Waals surface area contributed by atoms with Gasteiger partial charge < -0.3 is 4.57 Å². The second-order valence-corrected chi connectivity index (χ2v) is 6.14. The maximum Gasteiger partial charge on any atom is 0.181 e. The first-order chi connectivity index (χ1) is 11.6. The van der Waals surface area contributed by atoms with Gasteiger partial charge in [-0.2, -0.15) is 0 Å². The van der Waals surface area contributed by atoms with Gasteiger partial charge in [0, 0.05) is 35.8 Å². The molecule has 0 aliphatic carbocycles. The summed E-state index contributed by atoms with van der Waals surface area (Å²) in [6.07, 6.45) is 0. The highest BCUT2D eigenvalue weighted by Crippen LogP contribution is 2.29. The number of benzene rings is 2. The Morgan fingerprint density at radius 3 is 2.50 bits per heavy atom. The van der Waals surface area contributed by atoms with Gasteiger partial charge in [0.05, 0.1) is 0 Å². The van der Waals surface area contributed by atoms with E-state index in [9.17, 15) is 0 Å². The van der Waals surface area contributed by atoms with Gasteiger partial charge in [0.1, 0.15) is 0 Å². The Morgan fingerprint density at radius 1 is 1.00 bits per heavy atom. The summed E-state index contributed by atoms with van der Waals surface area (Å²) in [5.41, 5.74) is 6.16. The molecular formula is C19H19N5. The van der Waals surface area contributed by atoms with E-state index in [0.717, 1.165) is 17.9 Å². The Hall–Kier alpha value is -2.95. The Morgan fingerprint density at radius 2 is 1.79 bits per heavy atom. The zero-order valence-corrected chi connectivity index (χ0v) is 14.1. The molecule has 0 amide bonds. The third-order valence-corrected chi connectivity index (χ3v) is 4.70. The van der Waals surface area contributed by atoms with Crippen LogP contribution in [0, 0.1) is 13.8 Å². The van der Waals surface area contributed by atoms with Crippen LogP contribution in [0.2, 0.25) is 0 Å². The van der Waals surface area contributed by atoms with Crippen LogP contribution in [0.5, 0.6) is 0 Å². The molecule has 0 aliphatic heterocycles. The van der Waals surface area contributed by atoms with E-state index in [1.165, 1.54) is 27.7 Å². The molecule has 0 N–H and O–H groups in total. The van der Waals surface area contributed by atoms with Gasteiger partial charge in [0.15, 0.2) is 5.82 Å². The van der Waals surface area contributed by atoms with Crippen LogP contribution in [0.15, 0.2) is 48.5 Å². The quantitative estimate of drug-likeness (QED) is 0.581. The largest absolute Gasteiger partial charge is 0.340 e. The lowest BCUT2D eigenvalue weighted by Crippen LogP contribution is -2.02. The molecule has 0 unspecified atom stereocenters. The van der Waals surface area contributed by atoms with Crippen LogP contribution in [-0.2, 0) is 13.6 Å². The minimum absolute atomic E-state index is 0.777. The fraction of sp³-hybridized carbons (Fsp3) is 0.211. The molecule has 24 heavy (non-hydrogen) atoms. The first-order valence-electron chi connectivity index (χ1n) is 8.01. The lowest BCUT2D eigenvalue weighted by Gasteiger charge is -2.09. The second kappa shape index (κ2) is 5.60. The molecule has 2 aromatic heterocycles. The predicted molar refractivity (Wildman–Crippen MR) is 94.7 cm³/mol. The van der Waals surface area contributed by atoms with Gasteiger partial charge >= 0.3 is 0 Å². The highest BCUT2D eigenvalue weighted by molar-refractivity contribution is 5.88. The molecule has 5 nitrogen and oxygen atoms in total. The molecule has 120 valence electrons. The molecule has 4 aromatic rings. The van der Waals surface area contributed by atoms with Gasteiger partial charge in [0.2, 0.25) is 0 Å². The smallest absolute Gasteiger partial charge is 0.181 e. The number of nitrogens with zero attached hydrogens (tertiary/aromatic N) is 5. The maximum atomic E-state index is 4.13. The minimum atomic E-state index is 0.777. The standard InChI is InChI=1S/C19H19N5/c1-13-14(2)24(12-15-7-5-4-6-8-15)18-11-16(9-10-17(13)18)19-20-21-22-23(19)3/h4-11H,12H2,1-3H3. The number of tetrazole rings is 1. The van der Waals surface area contributed by atoms with Crippen LogP contribution in [-0.4, -0.2) is 24.8 Å². The van der Waals surface area contributed by atoms with Crippen molar-refractivity contribution in [3.63, 3.8) is 0 Å². The molecule has 0 saturated heterocycles. The maximum absolute atomic E-state index is 4.13. The van der Waals surface area contributed by atoms with Crippen LogP contribution in [0.1, 0.15) is 16.8 Å². The zero-order valence-electron chi connectivity index (χ0n) is 14.1. The van der Waals surface area contributed by atoms with Crippen LogP contribution in [0.4, 0.5) is 0 Å². The second-order valence-electron chi connectivity index (χ2n) is 6.14. The van der Waals surface area contributed by atoms with Crippen molar-refractivity contribution in [1.29, 1.82) is 0 Å². The molecule has 5 heteroatoms. The summed E-state index contributed by atoms with van der Waals surface area (Å²) < 4.78 is 4.07. The van der Waals surface area contributed by atoms with Gasteiger partial charge in [-0.3, -0.25) is 0 Å². The SMILES string of the molecule is Cc1c(C)n(Cc2ccccc2)c2cc(-c3nnnn3C)ccc12. The Labute approximate surface area is 140 Å². The van der Waals surface area contributed by atoms with Gasteiger partial charge in [0.25, 0.3) is 0 Å². The highest BCUT2D eigenvalue weighted by Gasteiger charge is 2.14. The van der Waals surface area contributed by atoms with E-state index < -0.39 is 0 Å². The molecule has 0 fully saturated rings. The summed E-state index contributed by atoms with van der Waals surface area (Å²) in [6.45, 7) is 5.22. The number of hydrogen-bond acceptors (Lipinski definition) is 3. The molecule has 0 bridgehead atoms. The molecular weight excluding hydrogens is 298 g/mol. The van der Waals surface area contributed by atoms with Gasteiger partial charge in [-0.1, -0.05) is 42.5 Å². The van der Waals surface area contributed by atoms with Crippen molar-refractivity contribution in [3.05, 3.63) is 65.4 Å². The van der Waals surface area contributed by atoms with Crippen LogP contribution < -0.4 is 0 Å². The van der Waals surface area contributed by atoms with E-state index in [2.05, 4.69) is 82.5 Å². The van der Waals surface area contributed by atoms with E-state index in [4.69, 9.17) is 0 Å². The third kappa shape index (κ3) is 2.29. The normalized spacial score (nSPS) is 11.3. The lowest BCUT2D eigenvalue weighted by molar-refractivity contribution is 0.714. The van der Waals surface area contributed by atoms with E-state index in [-0.39, 0.29) is 0 Å².